The van der Waals surface area contributed by atoms with E-state index in [1.165, 1.54) is 11.1 Å². The second kappa shape index (κ2) is 10.1. The van der Waals surface area contributed by atoms with E-state index in [0.717, 1.165) is 29.7 Å². The number of likely N-dealkylation sites (tertiary alicyclic amines) is 1. The molecule has 6 rings (SSSR count). The van der Waals surface area contributed by atoms with Crippen molar-refractivity contribution < 1.29 is 17.9 Å². The van der Waals surface area contributed by atoms with Gasteiger partial charge in [0.25, 0.3) is 0 Å². The maximum atomic E-state index is 13.2. The fourth-order valence-corrected chi connectivity index (χ4v) is 7.62. The van der Waals surface area contributed by atoms with Crippen molar-refractivity contribution in [2.45, 2.75) is 43.2 Å². The summed E-state index contributed by atoms with van der Waals surface area (Å²) in [6, 6.07) is 23.5. The largest absolute Gasteiger partial charge is 0.445 e. The first-order valence-electron chi connectivity index (χ1n) is 13.3. The molecule has 3 aliphatic rings. The lowest BCUT2D eigenvalue weighted by atomic mass is 9.96. The Labute approximate surface area is 224 Å². The molecule has 3 aromatic carbocycles. The van der Waals surface area contributed by atoms with Gasteiger partial charge in [0.05, 0.1) is 10.9 Å². The van der Waals surface area contributed by atoms with Gasteiger partial charge in [-0.3, -0.25) is 0 Å². The first kappa shape index (κ1) is 24.9. The first-order valence-corrected chi connectivity index (χ1v) is 14.8. The average molecular weight is 532 g/mol. The van der Waals surface area contributed by atoms with Crippen LogP contribution in [0, 0.1) is 6.92 Å². The summed E-state index contributed by atoms with van der Waals surface area (Å²) in [7, 11) is -3.51. The second-order valence-corrected chi connectivity index (χ2v) is 12.4. The molecule has 7 nitrogen and oxygen atoms in total. The molecule has 2 heterocycles. The quantitative estimate of drug-likeness (QED) is 0.460. The van der Waals surface area contributed by atoms with Gasteiger partial charge in [-0.15, -0.1) is 0 Å². The zero-order valence-electron chi connectivity index (χ0n) is 21.6. The molecule has 2 bridgehead atoms. The minimum absolute atomic E-state index is 0.0231. The first-order chi connectivity index (χ1) is 18.4. The molecule has 0 radical (unpaired) electrons. The van der Waals surface area contributed by atoms with E-state index in [1.807, 2.05) is 48.2 Å². The van der Waals surface area contributed by atoms with E-state index in [1.54, 1.807) is 22.5 Å². The van der Waals surface area contributed by atoms with Gasteiger partial charge in [0.1, 0.15) is 6.61 Å². The summed E-state index contributed by atoms with van der Waals surface area (Å²) >= 11 is 0. The number of piperazine rings is 1. The minimum atomic E-state index is -3.51. The van der Waals surface area contributed by atoms with Crippen LogP contribution >= 0.6 is 0 Å². The molecule has 2 saturated heterocycles. The number of hydrogen-bond acceptors (Lipinski definition) is 5. The molecule has 0 unspecified atom stereocenters. The van der Waals surface area contributed by atoms with Gasteiger partial charge in [0, 0.05) is 38.4 Å². The van der Waals surface area contributed by atoms with E-state index in [9.17, 15) is 13.2 Å². The molecule has 0 N–H and O–H groups in total. The van der Waals surface area contributed by atoms with Crippen molar-refractivity contribution >= 4 is 21.8 Å². The van der Waals surface area contributed by atoms with Crippen LogP contribution in [0.4, 0.5) is 10.5 Å². The third-order valence-corrected chi connectivity index (χ3v) is 10.0. The smallest absolute Gasteiger partial charge is 0.410 e. The van der Waals surface area contributed by atoms with Gasteiger partial charge in [-0.25, -0.2) is 13.2 Å². The van der Waals surface area contributed by atoms with E-state index in [2.05, 4.69) is 23.1 Å². The number of benzene rings is 3. The lowest BCUT2D eigenvalue weighted by molar-refractivity contribution is 0.0694. The third kappa shape index (κ3) is 4.67. The molecule has 198 valence electrons. The summed E-state index contributed by atoms with van der Waals surface area (Å²) in [4.78, 5) is 17.6. The van der Waals surface area contributed by atoms with Gasteiger partial charge in [0.2, 0.25) is 10.0 Å². The highest BCUT2D eigenvalue weighted by Gasteiger charge is 2.42. The van der Waals surface area contributed by atoms with Crippen molar-refractivity contribution in [2.75, 3.05) is 37.6 Å². The Kier molecular flexibility index (Phi) is 6.61. The Morgan fingerprint density at radius 1 is 0.895 bits per heavy atom. The Morgan fingerprint density at radius 2 is 1.68 bits per heavy atom. The van der Waals surface area contributed by atoms with Gasteiger partial charge < -0.3 is 14.5 Å². The highest BCUT2D eigenvalue weighted by atomic mass is 32.2. The number of piperidine rings is 1. The standard InChI is InChI=1S/C30H33N3O4S/c1-22-6-5-9-26(18-22)38(35,36)32-16-14-31(15-17-32)25-10-11-27-24-12-13-33(29(19-24)28(27)20-25)30(34)37-21-23-7-3-2-4-8-23/h2-11,18,20,24,29H,12-17,19,21H2,1H3/t24-,29-/m1/s1. The van der Waals surface area contributed by atoms with E-state index in [0.29, 0.717) is 43.5 Å². The van der Waals surface area contributed by atoms with Crippen LogP contribution in [0.1, 0.15) is 47.1 Å². The molecule has 0 spiro atoms. The summed E-state index contributed by atoms with van der Waals surface area (Å²) in [5.74, 6) is 0.471. The maximum absolute atomic E-state index is 13.2. The molecule has 2 atom stereocenters. The molecule has 2 fully saturated rings. The highest BCUT2D eigenvalue weighted by molar-refractivity contribution is 7.89. The fourth-order valence-electron chi connectivity index (χ4n) is 6.09. The van der Waals surface area contributed by atoms with Gasteiger partial charge in [-0.2, -0.15) is 4.31 Å². The molecule has 0 saturated carbocycles. The number of nitrogens with zero attached hydrogens (tertiary/aromatic N) is 3. The maximum Gasteiger partial charge on any atom is 0.410 e. The van der Waals surface area contributed by atoms with Gasteiger partial charge in [-0.1, -0.05) is 48.5 Å². The minimum Gasteiger partial charge on any atom is -0.445 e. The van der Waals surface area contributed by atoms with Crippen LogP contribution in [-0.4, -0.2) is 56.4 Å². The number of ether oxygens (including phenoxy) is 1. The zero-order chi connectivity index (χ0) is 26.3. The molecule has 2 aliphatic heterocycles. The molecule has 3 aromatic rings. The zero-order valence-corrected chi connectivity index (χ0v) is 22.4. The van der Waals surface area contributed by atoms with Crippen molar-refractivity contribution in [1.82, 2.24) is 9.21 Å². The van der Waals surface area contributed by atoms with Crippen molar-refractivity contribution in [1.29, 1.82) is 0 Å². The van der Waals surface area contributed by atoms with Crippen LogP contribution in [0.25, 0.3) is 0 Å². The number of aryl methyl sites for hydroxylation is 1. The summed E-state index contributed by atoms with van der Waals surface area (Å²) in [6.07, 6.45) is 1.62. The predicted molar refractivity (Wildman–Crippen MR) is 147 cm³/mol. The van der Waals surface area contributed by atoms with Crippen molar-refractivity contribution in [3.05, 3.63) is 95.1 Å². The molecule has 1 amide bonds. The predicted octanol–water partition coefficient (Wildman–Crippen LogP) is 5.08. The van der Waals surface area contributed by atoms with Crippen LogP contribution < -0.4 is 4.90 Å². The van der Waals surface area contributed by atoms with Crippen LogP contribution in [0.5, 0.6) is 0 Å². The number of hydrogen-bond donors (Lipinski definition) is 0. The van der Waals surface area contributed by atoms with Crippen LogP contribution in [0.3, 0.4) is 0 Å². The van der Waals surface area contributed by atoms with E-state index < -0.39 is 10.0 Å². The molecular weight excluding hydrogens is 498 g/mol. The molecule has 8 heteroatoms. The second-order valence-electron chi connectivity index (χ2n) is 10.5. The number of carbonyl (C=O) groups is 1. The third-order valence-electron chi connectivity index (χ3n) is 8.14. The lowest BCUT2D eigenvalue weighted by Crippen LogP contribution is -2.48. The average Bonchev–Trinajstić information content (AvgIpc) is 3.23. The Balaban J connectivity index is 1.14. The molecule has 0 aromatic heterocycles. The summed E-state index contributed by atoms with van der Waals surface area (Å²) in [5.41, 5.74) is 5.54. The molecular formula is C30H33N3O4S. The summed E-state index contributed by atoms with van der Waals surface area (Å²) in [6.45, 7) is 5.01. The van der Waals surface area contributed by atoms with Gasteiger partial charge in [-0.05, 0) is 72.2 Å². The Hall–Kier alpha value is -3.36. The lowest BCUT2D eigenvalue weighted by Gasteiger charge is -2.36. The normalized spacial score (nSPS) is 21.3. The number of carbonyl (C=O) groups excluding carboxylic acids is 1. The number of fused-ring (bicyclic) bond motifs is 5. The van der Waals surface area contributed by atoms with Gasteiger partial charge in [0.15, 0.2) is 0 Å². The Bertz CT molecular complexity index is 1430. The summed E-state index contributed by atoms with van der Waals surface area (Å²) < 4.78 is 33.6. The monoisotopic (exact) mass is 531 g/mol. The number of anilines is 1. The number of amides is 1. The van der Waals surface area contributed by atoms with Crippen molar-refractivity contribution in [3.63, 3.8) is 0 Å². The van der Waals surface area contributed by atoms with E-state index in [-0.39, 0.29) is 18.7 Å². The topological polar surface area (TPSA) is 70.2 Å². The van der Waals surface area contributed by atoms with E-state index >= 15 is 0 Å². The van der Waals surface area contributed by atoms with Crippen LogP contribution in [0.2, 0.25) is 0 Å². The SMILES string of the molecule is Cc1cccc(S(=O)(=O)N2CCN(c3ccc4c(c3)[C@H]3C[C@H]4CCN3C(=O)OCc3ccccc3)CC2)c1. The Morgan fingerprint density at radius 3 is 2.45 bits per heavy atom. The number of rotatable bonds is 5. The molecule has 1 aliphatic carbocycles. The van der Waals surface area contributed by atoms with Crippen molar-refractivity contribution in [2.24, 2.45) is 0 Å². The highest BCUT2D eigenvalue weighted by Crippen LogP contribution is 2.50. The van der Waals surface area contributed by atoms with Gasteiger partial charge >= 0.3 is 6.09 Å². The van der Waals surface area contributed by atoms with Crippen LogP contribution in [-0.2, 0) is 21.4 Å². The van der Waals surface area contributed by atoms with E-state index in [4.69, 9.17) is 4.74 Å². The van der Waals surface area contributed by atoms with Crippen LogP contribution in [0.15, 0.2) is 77.7 Å². The van der Waals surface area contributed by atoms with Crippen molar-refractivity contribution in [3.8, 4) is 0 Å². The fraction of sp³-hybridized carbons (Fsp3) is 0.367. The molecule has 38 heavy (non-hydrogen) atoms. The summed E-state index contributed by atoms with van der Waals surface area (Å²) in [5, 5.41) is 0. The number of sulfonamides is 1.